The minimum Gasteiger partial charge on any atom is -0.348 e. The van der Waals surface area contributed by atoms with E-state index < -0.39 is 0 Å². The molecule has 0 unspecified atom stereocenters. The molecule has 8 heteroatoms. The lowest BCUT2D eigenvalue weighted by atomic mass is 10.1. The largest absolute Gasteiger partial charge is 0.348 e. The first kappa shape index (κ1) is 24.4. The Morgan fingerprint density at radius 1 is 0.919 bits per heavy atom. The Kier molecular flexibility index (Phi) is 7.37. The van der Waals surface area contributed by atoms with E-state index in [4.69, 9.17) is 0 Å². The predicted octanol–water partition coefficient (Wildman–Crippen LogP) is 6.00. The van der Waals surface area contributed by atoms with Crippen LogP contribution in [-0.2, 0) is 12.3 Å². The molecule has 0 fully saturated rings. The van der Waals surface area contributed by atoms with Gasteiger partial charge >= 0.3 is 0 Å². The summed E-state index contributed by atoms with van der Waals surface area (Å²) in [6.45, 7) is 2.37. The van der Waals surface area contributed by atoms with E-state index in [9.17, 15) is 9.18 Å². The van der Waals surface area contributed by atoms with Gasteiger partial charge in [-0.25, -0.2) is 4.39 Å². The molecule has 0 radical (unpaired) electrons. The van der Waals surface area contributed by atoms with Gasteiger partial charge in [-0.1, -0.05) is 60.3 Å². The molecule has 184 valence electrons. The summed E-state index contributed by atoms with van der Waals surface area (Å²) in [5.41, 5.74) is 5.31. The van der Waals surface area contributed by atoms with Gasteiger partial charge in [-0.15, -0.1) is 10.2 Å². The SMILES string of the molecule is Cc1ccccc1-n1c(SCc2ccccc2C(=O)NCc2ccc(F)cc2)nnc1-c1ccncc1. The summed E-state index contributed by atoms with van der Waals surface area (Å²) >= 11 is 1.52. The number of nitrogens with one attached hydrogen (secondary N) is 1. The van der Waals surface area contributed by atoms with Crippen LogP contribution in [0.25, 0.3) is 17.1 Å². The molecule has 3 aromatic carbocycles. The molecular formula is C29H24FN5OS. The van der Waals surface area contributed by atoms with Gasteiger partial charge in [-0.05, 0) is 60.0 Å². The Bertz CT molecular complexity index is 1520. The van der Waals surface area contributed by atoms with Gasteiger partial charge < -0.3 is 5.32 Å². The molecule has 2 heterocycles. The third-order valence-electron chi connectivity index (χ3n) is 5.91. The molecule has 6 nitrogen and oxygen atoms in total. The molecule has 1 N–H and O–H groups in total. The maximum absolute atomic E-state index is 13.2. The number of amides is 1. The van der Waals surface area contributed by atoms with Crippen LogP contribution in [0.2, 0.25) is 0 Å². The first-order valence-corrected chi connectivity index (χ1v) is 12.7. The Hall–Kier alpha value is -4.30. The Morgan fingerprint density at radius 2 is 1.65 bits per heavy atom. The third-order valence-corrected chi connectivity index (χ3v) is 6.89. The van der Waals surface area contributed by atoms with Gasteiger partial charge in [-0.3, -0.25) is 14.3 Å². The maximum atomic E-state index is 13.2. The number of hydrogen-bond donors (Lipinski definition) is 1. The molecule has 1 amide bonds. The van der Waals surface area contributed by atoms with Crippen LogP contribution >= 0.6 is 11.8 Å². The zero-order valence-electron chi connectivity index (χ0n) is 20.1. The number of carbonyl (C=O) groups excluding carboxylic acids is 1. The van der Waals surface area contributed by atoms with Crippen molar-refractivity contribution < 1.29 is 9.18 Å². The van der Waals surface area contributed by atoms with E-state index in [0.717, 1.165) is 38.9 Å². The minimum atomic E-state index is -0.303. The van der Waals surface area contributed by atoms with E-state index in [0.29, 0.717) is 17.9 Å². The van der Waals surface area contributed by atoms with Crippen molar-refractivity contribution in [2.24, 2.45) is 0 Å². The van der Waals surface area contributed by atoms with Crippen LogP contribution in [0.4, 0.5) is 4.39 Å². The van der Waals surface area contributed by atoms with Gasteiger partial charge in [-0.2, -0.15) is 0 Å². The van der Waals surface area contributed by atoms with E-state index in [1.54, 1.807) is 24.5 Å². The standard InChI is InChI=1S/C29H24FN5OS/c1-20-6-2-5-9-26(20)35-27(22-14-16-31-17-15-22)33-34-29(35)37-19-23-7-3-4-8-25(23)28(36)32-18-21-10-12-24(30)13-11-21/h2-17H,18-19H2,1H3,(H,32,36). The second-order valence-corrected chi connectivity index (χ2v) is 9.36. The van der Waals surface area contributed by atoms with Crippen LogP contribution in [0.5, 0.6) is 0 Å². The van der Waals surface area contributed by atoms with Crippen molar-refractivity contribution >= 4 is 17.7 Å². The van der Waals surface area contributed by atoms with Crippen molar-refractivity contribution in [2.45, 2.75) is 24.4 Å². The van der Waals surface area contributed by atoms with Crippen LogP contribution < -0.4 is 5.32 Å². The average Bonchev–Trinajstić information content (AvgIpc) is 3.36. The fourth-order valence-electron chi connectivity index (χ4n) is 3.97. The number of carbonyl (C=O) groups is 1. The van der Waals surface area contributed by atoms with Crippen molar-refractivity contribution in [1.82, 2.24) is 25.1 Å². The van der Waals surface area contributed by atoms with Crippen LogP contribution in [-0.4, -0.2) is 25.7 Å². The Labute approximate surface area is 218 Å². The fourth-order valence-corrected chi connectivity index (χ4v) is 4.92. The molecule has 5 aromatic rings. The lowest BCUT2D eigenvalue weighted by Crippen LogP contribution is -2.23. The number of nitrogens with zero attached hydrogens (tertiary/aromatic N) is 4. The highest BCUT2D eigenvalue weighted by molar-refractivity contribution is 7.98. The average molecular weight is 510 g/mol. The summed E-state index contributed by atoms with van der Waals surface area (Å²) in [6.07, 6.45) is 3.47. The summed E-state index contributed by atoms with van der Waals surface area (Å²) in [4.78, 5) is 17.1. The number of para-hydroxylation sites is 1. The van der Waals surface area contributed by atoms with Crippen LogP contribution in [0.3, 0.4) is 0 Å². The molecule has 0 atom stereocenters. The van der Waals surface area contributed by atoms with E-state index in [1.807, 2.05) is 59.2 Å². The number of benzene rings is 3. The van der Waals surface area contributed by atoms with Gasteiger partial charge in [0.05, 0.1) is 5.69 Å². The Morgan fingerprint density at radius 3 is 2.43 bits per heavy atom. The van der Waals surface area contributed by atoms with Crippen molar-refractivity contribution in [3.05, 3.63) is 125 Å². The van der Waals surface area contributed by atoms with Crippen molar-refractivity contribution in [1.29, 1.82) is 0 Å². The van der Waals surface area contributed by atoms with Gasteiger partial charge in [0.1, 0.15) is 5.82 Å². The fraction of sp³-hybridized carbons (Fsp3) is 0.103. The third kappa shape index (κ3) is 5.59. The van der Waals surface area contributed by atoms with Gasteiger partial charge in [0.2, 0.25) is 0 Å². The lowest BCUT2D eigenvalue weighted by Gasteiger charge is -2.14. The van der Waals surface area contributed by atoms with E-state index in [2.05, 4.69) is 33.5 Å². The first-order chi connectivity index (χ1) is 18.1. The molecule has 0 spiro atoms. The quantitative estimate of drug-likeness (QED) is 0.260. The molecule has 0 aliphatic heterocycles. The van der Waals surface area contributed by atoms with Crippen LogP contribution in [0.15, 0.2) is 102 Å². The summed E-state index contributed by atoms with van der Waals surface area (Å²) in [5, 5.41) is 12.7. The monoisotopic (exact) mass is 509 g/mol. The van der Waals surface area contributed by atoms with Crippen molar-refractivity contribution in [2.75, 3.05) is 0 Å². The summed E-state index contributed by atoms with van der Waals surface area (Å²) in [5.74, 6) is 0.770. The zero-order chi connectivity index (χ0) is 25.6. The summed E-state index contributed by atoms with van der Waals surface area (Å²) < 4.78 is 15.2. The second-order valence-electron chi connectivity index (χ2n) is 8.42. The van der Waals surface area contributed by atoms with E-state index in [-0.39, 0.29) is 11.7 Å². The van der Waals surface area contributed by atoms with Crippen LogP contribution in [0.1, 0.15) is 27.0 Å². The zero-order valence-corrected chi connectivity index (χ0v) is 21.0. The van der Waals surface area contributed by atoms with Gasteiger partial charge in [0.15, 0.2) is 11.0 Å². The molecule has 0 bridgehead atoms. The van der Waals surface area contributed by atoms with E-state index in [1.165, 1.54) is 23.9 Å². The first-order valence-electron chi connectivity index (χ1n) is 11.8. The molecule has 0 saturated heterocycles. The lowest BCUT2D eigenvalue weighted by molar-refractivity contribution is 0.0950. The van der Waals surface area contributed by atoms with E-state index >= 15 is 0 Å². The summed E-state index contributed by atoms with van der Waals surface area (Å²) in [6, 6.07) is 25.5. The predicted molar refractivity (Wildman–Crippen MR) is 143 cm³/mol. The second kappa shape index (κ2) is 11.2. The highest BCUT2D eigenvalue weighted by Crippen LogP contribution is 2.31. The normalized spacial score (nSPS) is 10.9. The van der Waals surface area contributed by atoms with Crippen LogP contribution in [0, 0.1) is 12.7 Å². The van der Waals surface area contributed by atoms with Crippen molar-refractivity contribution in [3.8, 4) is 17.1 Å². The van der Waals surface area contributed by atoms with Gasteiger partial charge in [0, 0.05) is 35.8 Å². The minimum absolute atomic E-state index is 0.182. The number of pyridine rings is 1. The highest BCUT2D eigenvalue weighted by atomic mass is 32.2. The number of thioether (sulfide) groups is 1. The molecule has 5 rings (SSSR count). The van der Waals surface area contributed by atoms with Crippen molar-refractivity contribution in [3.63, 3.8) is 0 Å². The molecule has 0 aliphatic rings. The molecule has 2 aromatic heterocycles. The highest BCUT2D eigenvalue weighted by Gasteiger charge is 2.19. The molecule has 37 heavy (non-hydrogen) atoms. The smallest absolute Gasteiger partial charge is 0.251 e. The molecular weight excluding hydrogens is 485 g/mol. The topological polar surface area (TPSA) is 72.7 Å². The molecule has 0 saturated carbocycles. The number of aryl methyl sites for hydroxylation is 1. The Balaban J connectivity index is 1.39. The molecule has 0 aliphatic carbocycles. The van der Waals surface area contributed by atoms with Gasteiger partial charge in [0.25, 0.3) is 5.91 Å². The summed E-state index contributed by atoms with van der Waals surface area (Å²) in [7, 11) is 0. The number of hydrogen-bond acceptors (Lipinski definition) is 5. The maximum Gasteiger partial charge on any atom is 0.251 e. The number of rotatable bonds is 8. The number of aromatic nitrogens is 4. The number of halogens is 1.